The number of aromatic nitrogens is 4. The smallest absolute Gasteiger partial charge is 0.190 e. The Hall–Kier alpha value is -2.22. The highest BCUT2D eigenvalue weighted by atomic mass is 15.3. The van der Waals surface area contributed by atoms with Crippen molar-refractivity contribution in [3.8, 4) is 11.9 Å². The van der Waals surface area contributed by atoms with Crippen LogP contribution in [0.3, 0.4) is 0 Å². The third-order valence-electron chi connectivity index (χ3n) is 2.20. The summed E-state index contributed by atoms with van der Waals surface area (Å²) in [6, 6.07) is 3.92. The fraction of sp³-hybridized carbons (Fsp3) is 0.273. The van der Waals surface area contributed by atoms with E-state index in [1.54, 1.807) is 17.1 Å². The molecule has 0 unspecified atom stereocenters. The molecule has 0 aliphatic rings. The van der Waals surface area contributed by atoms with E-state index < -0.39 is 0 Å². The van der Waals surface area contributed by atoms with Gasteiger partial charge >= 0.3 is 0 Å². The first-order valence-corrected chi connectivity index (χ1v) is 4.99. The molecule has 0 aliphatic carbocycles. The molecule has 80 valence electrons. The van der Waals surface area contributed by atoms with Crippen LogP contribution in [0.4, 0.5) is 0 Å². The molecule has 2 aromatic heterocycles. The molecule has 2 rings (SSSR count). The van der Waals surface area contributed by atoms with E-state index in [1.165, 1.54) is 6.20 Å². The van der Waals surface area contributed by atoms with Crippen LogP contribution in [-0.2, 0) is 0 Å². The summed E-state index contributed by atoms with van der Waals surface area (Å²) in [6.45, 7) is 4.13. The second-order valence-corrected chi connectivity index (χ2v) is 3.68. The van der Waals surface area contributed by atoms with Gasteiger partial charge in [0.1, 0.15) is 6.07 Å². The normalized spacial score (nSPS) is 10.4. The van der Waals surface area contributed by atoms with Gasteiger partial charge in [0.15, 0.2) is 11.5 Å². The summed E-state index contributed by atoms with van der Waals surface area (Å²) < 4.78 is 1.58. The largest absolute Gasteiger partial charge is 0.240 e. The van der Waals surface area contributed by atoms with Crippen LogP contribution in [0.1, 0.15) is 31.2 Å². The molecule has 5 nitrogen and oxygen atoms in total. The van der Waals surface area contributed by atoms with Crippen LogP contribution in [0.25, 0.3) is 5.82 Å². The monoisotopic (exact) mass is 213 g/mol. The minimum absolute atomic E-state index is 0.279. The second kappa shape index (κ2) is 4.11. The van der Waals surface area contributed by atoms with Gasteiger partial charge in [-0.2, -0.15) is 10.4 Å². The fourth-order valence-electron chi connectivity index (χ4n) is 1.34. The third kappa shape index (κ3) is 1.77. The van der Waals surface area contributed by atoms with Crippen molar-refractivity contribution in [2.45, 2.75) is 19.8 Å². The van der Waals surface area contributed by atoms with Gasteiger partial charge in [0.2, 0.25) is 0 Å². The molecule has 2 heterocycles. The van der Waals surface area contributed by atoms with Gasteiger partial charge in [0.05, 0.1) is 5.69 Å². The first kappa shape index (κ1) is 10.3. The zero-order valence-electron chi connectivity index (χ0n) is 9.12. The first-order valence-electron chi connectivity index (χ1n) is 4.99. The Morgan fingerprint density at radius 1 is 1.31 bits per heavy atom. The molecule has 0 spiro atoms. The first-order chi connectivity index (χ1) is 7.72. The lowest BCUT2D eigenvalue weighted by Crippen LogP contribution is -2.03. The Kier molecular flexibility index (Phi) is 2.64. The predicted octanol–water partition coefficient (Wildman–Crippen LogP) is 1.66. The summed E-state index contributed by atoms with van der Waals surface area (Å²) in [4.78, 5) is 8.05. The van der Waals surface area contributed by atoms with Crippen molar-refractivity contribution in [1.29, 1.82) is 5.26 Å². The van der Waals surface area contributed by atoms with Gasteiger partial charge in [-0.25, -0.2) is 14.6 Å². The third-order valence-corrected chi connectivity index (χ3v) is 2.20. The maximum absolute atomic E-state index is 8.90. The lowest BCUT2D eigenvalue weighted by Gasteiger charge is -2.01. The number of hydrogen-bond donors (Lipinski definition) is 0. The Bertz CT molecular complexity index is 535. The Balaban J connectivity index is 2.47. The standard InChI is InChI=1S/C11H11N5/c1-8(2)9-3-6-16(15-9)11-10(7-12)13-4-5-14-11/h3-6,8H,1-2H3. The molecule has 0 N–H and O–H groups in total. The van der Waals surface area contributed by atoms with E-state index in [4.69, 9.17) is 5.26 Å². The zero-order valence-corrected chi connectivity index (χ0v) is 9.12. The molecule has 0 atom stereocenters. The predicted molar refractivity (Wildman–Crippen MR) is 58.0 cm³/mol. The zero-order chi connectivity index (χ0) is 11.5. The quantitative estimate of drug-likeness (QED) is 0.760. The number of nitriles is 1. The van der Waals surface area contributed by atoms with Crippen molar-refractivity contribution >= 4 is 0 Å². The van der Waals surface area contributed by atoms with Gasteiger partial charge < -0.3 is 0 Å². The maximum atomic E-state index is 8.90. The van der Waals surface area contributed by atoms with Crippen molar-refractivity contribution < 1.29 is 0 Å². The molecule has 0 bridgehead atoms. The lowest BCUT2D eigenvalue weighted by atomic mass is 10.1. The summed E-state index contributed by atoms with van der Waals surface area (Å²) in [5.41, 5.74) is 1.25. The molecule has 0 fully saturated rings. The molecular weight excluding hydrogens is 202 g/mol. The van der Waals surface area contributed by atoms with Gasteiger partial charge in [0, 0.05) is 18.6 Å². The fourth-order valence-corrected chi connectivity index (χ4v) is 1.34. The highest BCUT2D eigenvalue weighted by Gasteiger charge is 2.09. The van der Waals surface area contributed by atoms with E-state index in [2.05, 4.69) is 28.9 Å². The van der Waals surface area contributed by atoms with Crippen LogP contribution in [0, 0.1) is 11.3 Å². The van der Waals surface area contributed by atoms with Crippen LogP contribution in [0.5, 0.6) is 0 Å². The minimum Gasteiger partial charge on any atom is -0.240 e. The van der Waals surface area contributed by atoms with Crippen molar-refractivity contribution in [2.24, 2.45) is 0 Å². The highest BCUT2D eigenvalue weighted by molar-refractivity contribution is 5.36. The van der Waals surface area contributed by atoms with E-state index in [0.29, 0.717) is 11.7 Å². The molecule has 0 aliphatic heterocycles. The van der Waals surface area contributed by atoms with Crippen LogP contribution < -0.4 is 0 Å². The van der Waals surface area contributed by atoms with Crippen LogP contribution in [0.2, 0.25) is 0 Å². The highest BCUT2D eigenvalue weighted by Crippen LogP contribution is 2.13. The maximum Gasteiger partial charge on any atom is 0.190 e. The van der Waals surface area contributed by atoms with Crippen LogP contribution >= 0.6 is 0 Å². The molecule has 5 heteroatoms. The molecule has 2 aromatic rings. The Morgan fingerprint density at radius 2 is 2.06 bits per heavy atom. The van der Waals surface area contributed by atoms with Crippen molar-refractivity contribution in [3.63, 3.8) is 0 Å². The molecular formula is C11H11N5. The summed E-state index contributed by atoms with van der Waals surface area (Å²) in [6.07, 6.45) is 4.84. The van der Waals surface area contributed by atoms with Gasteiger partial charge in [-0.05, 0) is 12.0 Å². The van der Waals surface area contributed by atoms with E-state index in [0.717, 1.165) is 5.69 Å². The number of rotatable bonds is 2. The van der Waals surface area contributed by atoms with Crippen molar-refractivity contribution in [2.75, 3.05) is 0 Å². The Labute approximate surface area is 93.4 Å². The van der Waals surface area contributed by atoms with Gasteiger partial charge in [-0.3, -0.25) is 0 Å². The molecule has 0 aromatic carbocycles. The van der Waals surface area contributed by atoms with Gasteiger partial charge in [-0.1, -0.05) is 13.8 Å². The second-order valence-electron chi connectivity index (χ2n) is 3.68. The van der Waals surface area contributed by atoms with Crippen LogP contribution in [-0.4, -0.2) is 19.7 Å². The lowest BCUT2D eigenvalue weighted by molar-refractivity contribution is 0.753. The van der Waals surface area contributed by atoms with Crippen LogP contribution in [0.15, 0.2) is 24.7 Å². The summed E-state index contributed by atoms with van der Waals surface area (Å²) >= 11 is 0. The average molecular weight is 213 g/mol. The minimum atomic E-state index is 0.279. The average Bonchev–Trinajstić information content (AvgIpc) is 2.78. The van der Waals surface area contributed by atoms with E-state index in [9.17, 15) is 0 Å². The SMILES string of the molecule is CC(C)c1ccn(-c2nccnc2C#N)n1. The number of hydrogen-bond acceptors (Lipinski definition) is 4. The molecule has 0 radical (unpaired) electrons. The summed E-state index contributed by atoms with van der Waals surface area (Å²) in [7, 11) is 0. The molecule has 16 heavy (non-hydrogen) atoms. The molecule has 0 saturated carbocycles. The Morgan fingerprint density at radius 3 is 2.69 bits per heavy atom. The van der Waals surface area contributed by atoms with E-state index >= 15 is 0 Å². The number of nitrogens with zero attached hydrogens (tertiary/aromatic N) is 5. The topological polar surface area (TPSA) is 67.4 Å². The van der Waals surface area contributed by atoms with E-state index in [1.807, 2.05) is 12.1 Å². The van der Waals surface area contributed by atoms with Gasteiger partial charge in [0.25, 0.3) is 0 Å². The van der Waals surface area contributed by atoms with Gasteiger partial charge in [-0.15, -0.1) is 0 Å². The summed E-state index contributed by atoms with van der Waals surface area (Å²) in [5, 5.41) is 13.3. The summed E-state index contributed by atoms with van der Waals surface area (Å²) in [5.74, 6) is 0.820. The molecule has 0 saturated heterocycles. The van der Waals surface area contributed by atoms with Crippen molar-refractivity contribution in [1.82, 2.24) is 19.7 Å². The van der Waals surface area contributed by atoms with Crippen molar-refractivity contribution in [3.05, 3.63) is 36.0 Å². The molecule has 0 amide bonds. The van der Waals surface area contributed by atoms with E-state index in [-0.39, 0.29) is 5.69 Å².